The van der Waals surface area contributed by atoms with E-state index in [0.29, 0.717) is 28.5 Å². The molecule has 0 saturated carbocycles. The molecule has 0 unspecified atom stereocenters. The molecule has 0 bridgehead atoms. The van der Waals surface area contributed by atoms with Gasteiger partial charge in [-0.05, 0) is 49.6 Å². The summed E-state index contributed by atoms with van der Waals surface area (Å²) in [5, 5.41) is 1.17. The van der Waals surface area contributed by atoms with Crippen LogP contribution in [0.1, 0.15) is 43.5 Å². The molecule has 0 fully saturated rings. The summed E-state index contributed by atoms with van der Waals surface area (Å²) in [6, 6.07) is 6.04. The molecule has 0 heterocycles. The minimum atomic E-state index is -0.761. The summed E-state index contributed by atoms with van der Waals surface area (Å²) in [6.45, 7) is 4.00. The molecule has 4 nitrogen and oxygen atoms in total. The maximum atomic E-state index is 11.8. The Bertz CT molecular complexity index is 604. The summed E-state index contributed by atoms with van der Waals surface area (Å²) in [7, 11) is 0. The number of hydrogen-bond acceptors (Lipinski definition) is 4. The molecule has 23 heavy (non-hydrogen) atoms. The Morgan fingerprint density at radius 2 is 1.52 bits per heavy atom. The molecule has 0 N–H and O–H groups in total. The third kappa shape index (κ3) is 6.47. The topological polar surface area (TPSA) is 52.6 Å². The lowest BCUT2D eigenvalue weighted by Crippen LogP contribution is -2.13. The van der Waals surface area contributed by atoms with Crippen LogP contribution in [0.5, 0.6) is 0 Å². The molecular formula is C17H18Cl2O4. The number of halogens is 2. The van der Waals surface area contributed by atoms with Crippen LogP contribution >= 0.6 is 23.2 Å². The van der Waals surface area contributed by atoms with Crippen LogP contribution in [-0.2, 0) is 14.6 Å². The fraction of sp³-hybridized carbons (Fsp3) is 0.294. The van der Waals surface area contributed by atoms with Crippen molar-refractivity contribution < 1.29 is 19.4 Å². The number of carbonyl (C=O) groups excluding carboxylic acids is 2. The Morgan fingerprint density at radius 1 is 0.913 bits per heavy atom. The fourth-order valence-electron chi connectivity index (χ4n) is 1.74. The Labute approximate surface area is 145 Å². The summed E-state index contributed by atoms with van der Waals surface area (Å²) in [5.74, 6) is -1.46. The predicted octanol–water partition coefficient (Wildman–Crippen LogP) is 5.21. The standard InChI is InChI=1S/C15H12Cl2O4.C2H6/c16-12-3-1-2-10(4-7-12)14(18)20-21-15(19)11-5-8-13(17)9-6-11;1-2/h4-9H,1-3H2;1-2H3. The van der Waals surface area contributed by atoms with Gasteiger partial charge in [0.15, 0.2) is 0 Å². The highest BCUT2D eigenvalue weighted by molar-refractivity contribution is 6.30. The van der Waals surface area contributed by atoms with E-state index >= 15 is 0 Å². The van der Waals surface area contributed by atoms with Gasteiger partial charge in [0.2, 0.25) is 0 Å². The summed E-state index contributed by atoms with van der Waals surface area (Å²) in [5.41, 5.74) is 0.652. The fourth-order valence-corrected chi connectivity index (χ4v) is 2.06. The Hall–Kier alpha value is -1.78. The molecule has 0 aliphatic heterocycles. The molecule has 6 heteroatoms. The average Bonchev–Trinajstić information content (AvgIpc) is 2.79. The zero-order chi connectivity index (χ0) is 17.2. The van der Waals surface area contributed by atoms with Crippen molar-refractivity contribution in [2.75, 3.05) is 0 Å². The second-order valence-corrected chi connectivity index (χ2v) is 5.33. The predicted molar refractivity (Wildman–Crippen MR) is 90.2 cm³/mol. The highest BCUT2D eigenvalue weighted by atomic mass is 35.5. The Morgan fingerprint density at radius 3 is 2.17 bits per heavy atom. The van der Waals surface area contributed by atoms with E-state index in [2.05, 4.69) is 9.78 Å². The number of allylic oxidation sites excluding steroid dienone is 3. The molecule has 0 saturated heterocycles. The third-order valence-corrected chi connectivity index (χ3v) is 3.43. The van der Waals surface area contributed by atoms with Crippen molar-refractivity contribution >= 4 is 35.1 Å². The quantitative estimate of drug-likeness (QED) is 0.538. The normalized spacial score (nSPS) is 13.6. The van der Waals surface area contributed by atoms with Gasteiger partial charge in [-0.25, -0.2) is 19.4 Å². The van der Waals surface area contributed by atoms with Gasteiger partial charge in [0.1, 0.15) is 0 Å². The van der Waals surface area contributed by atoms with Gasteiger partial charge in [0, 0.05) is 15.6 Å². The molecule has 0 amide bonds. The van der Waals surface area contributed by atoms with E-state index in [9.17, 15) is 9.59 Å². The molecule has 0 spiro atoms. The number of carbonyl (C=O) groups is 2. The first kappa shape index (κ1) is 19.3. The lowest BCUT2D eigenvalue weighted by molar-refractivity contribution is -0.229. The maximum absolute atomic E-state index is 11.8. The minimum absolute atomic E-state index is 0.241. The van der Waals surface area contributed by atoms with E-state index in [4.69, 9.17) is 23.2 Å². The van der Waals surface area contributed by atoms with Gasteiger partial charge in [0.25, 0.3) is 0 Å². The van der Waals surface area contributed by atoms with Crippen molar-refractivity contribution in [3.8, 4) is 0 Å². The molecule has 1 aromatic rings. The van der Waals surface area contributed by atoms with Crippen LogP contribution in [0.15, 0.2) is 47.0 Å². The first-order valence-corrected chi connectivity index (χ1v) is 8.06. The van der Waals surface area contributed by atoms with Gasteiger partial charge in [-0.1, -0.05) is 43.1 Å². The maximum Gasteiger partial charge on any atom is 0.386 e. The van der Waals surface area contributed by atoms with Gasteiger partial charge in [0.05, 0.1) is 5.56 Å². The Balaban J connectivity index is 0.00000127. The van der Waals surface area contributed by atoms with E-state index in [-0.39, 0.29) is 5.56 Å². The zero-order valence-electron chi connectivity index (χ0n) is 13.0. The highest BCUT2D eigenvalue weighted by Crippen LogP contribution is 2.21. The second-order valence-electron chi connectivity index (χ2n) is 4.41. The van der Waals surface area contributed by atoms with E-state index in [1.54, 1.807) is 24.3 Å². The van der Waals surface area contributed by atoms with Gasteiger partial charge < -0.3 is 0 Å². The largest absolute Gasteiger partial charge is 0.386 e. The second kappa shape index (κ2) is 10.1. The first-order chi connectivity index (χ1) is 11.1. The van der Waals surface area contributed by atoms with Crippen LogP contribution < -0.4 is 0 Å². The molecule has 0 radical (unpaired) electrons. The molecular weight excluding hydrogens is 339 g/mol. The SMILES string of the molecule is CC.O=C(OOC(=O)c1ccc(Cl)cc1)C1=CC=C(Cl)CCC1. The van der Waals surface area contributed by atoms with Crippen molar-refractivity contribution in [1.29, 1.82) is 0 Å². The number of hydrogen-bond donors (Lipinski definition) is 0. The van der Waals surface area contributed by atoms with Crippen LogP contribution in [0.4, 0.5) is 0 Å². The lowest BCUT2D eigenvalue weighted by Gasteiger charge is -2.05. The molecule has 1 aliphatic rings. The van der Waals surface area contributed by atoms with E-state index in [1.165, 1.54) is 12.1 Å². The summed E-state index contributed by atoms with van der Waals surface area (Å²) < 4.78 is 0. The number of benzene rings is 1. The molecule has 124 valence electrons. The van der Waals surface area contributed by atoms with Crippen LogP contribution in [-0.4, -0.2) is 11.9 Å². The minimum Gasteiger partial charge on any atom is -0.242 e. The van der Waals surface area contributed by atoms with Crippen molar-refractivity contribution in [3.63, 3.8) is 0 Å². The molecule has 0 aromatic heterocycles. The van der Waals surface area contributed by atoms with Gasteiger partial charge in [-0.3, -0.25) is 0 Å². The highest BCUT2D eigenvalue weighted by Gasteiger charge is 2.17. The van der Waals surface area contributed by atoms with E-state index < -0.39 is 11.9 Å². The lowest BCUT2D eigenvalue weighted by atomic mass is 10.1. The van der Waals surface area contributed by atoms with E-state index in [0.717, 1.165) is 6.42 Å². The monoisotopic (exact) mass is 356 g/mol. The van der Waals surface area contributed by atoms with E-state index in [1.807, 2.05) is 13.8 Å². The van der Waals surface area contributed by atoms with Crippen LogP contribution in [0, 0.1) is 0 Å². The summed E-state index contributed by atoms with van der Waals surface area (Å²) in [4.78, 5) is 32.5. The summed E-state index contributed by atoms with van der Waals surface area (Å²) >= 11 is 11.6. The van der Waals surface area contributed by atoms with Gasteiger partial charge >= 0.3 is 11.9 Å². The van der Waals surface area contributed by atoms with Crippen LogP contribution in [0.3, 0.4) is 0 Å². The summed E-state index contributed by atoms with van der Waals surface area (Å²) in [6.07, 6.45) is 5.19. The third-order valence-electron chi connectivity index (χ3n) is 2.86. The Kier molecular flexibility index (Phi) is 8.45. The molecule has 2 rings (SSSR count). The molecule has 1 aromatic carbocycles. The van der Waals surface area contributed by atoms with Crippen molar-refractivity contribution in [1.82, 2.24) is 0 Å². The zero-order valence-corrected chi connectivity index (χ0v) is 14.5. The van der Waals surface area contributed by atoms with Gasteiger partial charge in [-0.2, -0.15) is 0 Å². The smallest absolute Gasteiger partial charge is 0.242 e. The molecule has 1 aliphatic carbocycles. The van der Waals surface area contributed by atoms with Crippen molar-refractivity contribution in [2.45, 2.75) is 33.1 Å². The van der Waals surface area contributed by atoms with Crippen molar-refractivity contribution in [2.24, 2.45) is 0 Å². The number of rotatable bonds is 2. The van der Waals surface area contributed by atoms with Crippen LogP contribution in [0.2, 0.25) is 5.02 Å². The average molecular weight is 357 g/mol. The first-order valence-electron chi connectivity index (χ1n) is 7.30. The van der Waals surface area contributed by atoms with Crippen molar-refractivity contribution in [3.05, 3.63) is 57.6 Å². The van der Waals surface area contributed by atoms with Crippen LogP contribution in [0.25, 0.3) is 0 Å². The van der Waals surface area contributed by atoms with Gasteiger partial charge in [-0.15, -0.1) is 0 Å². The molecule has 0 atom stereocenters.